The van der Waals surface area contributed by atoms with Crippen molar-refractivity contribution in [3.8, 4) is 0 Å². The van der Waals surface area contributed by atoms with Crippen molar-refractivity contribution in [3.05, 3.63) is 34.9 Å². The van der Waals surface area contributed by atoms with Crippen LogP contribution in [0.15, 0.2) is 34.9 Å². The standard InChI is InChI=1S/C47H75FN2O11/c1-11-33-21-27(4)41(48)28(5)22-39(57-9)43-40(58-10)23-30(7)47(56,61-43)44(53)45(54)50-18-13-12-14-35(50)46(55)60-42(31(8)36(51)25-37(33)52)29(6)20-32-15-16-34(49)38(24-32)59-19-17-26(2)3/h17,20-21,28,30-36,38-43,51,56H,11-16,18-19,22-25,49H2,1-10H3. The molecule has 15 atom stereocenters. The minimum atomic E-state index is -2.60. The van der Waals surface area contributed by atoms with Gasteiger partial charge in [0.15, 0.2) is 0 Å². The molecule has 3 heterocycles. The van der Waals surface area contributed by atoms with Gasteiger partial charge < -0.3 is 44.5 Å². The second kappa shape index (κ2) is 22.7. The fourth-order valence-corrected chi connectivity index (χ4v) is 9.61. The van der Waals surface area contributed by atoms with Crippen LogP contribution in [0.2, 0.25) is 0 Å². The average molecular weight is 863 g/mol. The van der Waals surface area contributed by atoms with Gasteiger partial charge in [0, 0.05) is 51.0 Å². The van der Waals surface area contributed by atoms with Crippen LogP contribution in [0.4, 0.5) is 4.39 Å². The predicted octanol–water partition coefficient (Wildman–Crippen LogP) is 5.72. The van der Waals surface area contributed by atoms with E-state index in [1.54, 1.807) is 33.8 Å². The molecule has 2 saturated heterocycles. The van der Waals surface area contributed by atoms with E-state index in [9.17, 15) is 29.4 Å². The Morgan fingerprint density at radius 3 is 2.31 bits per heavy atom. The zero-order valence-electron chi connectivity index (χ0n) is 38.3. The number of esters is 1. The lowest BCUT2D eigenvalue weighted by molar-refractivity contribution is -0.302. The highest BCUT2D eigenvalue weighted by atomic mass is 19.1. The van der Waals surface area contributed by atoms with Crippen molar-refractivity contribution in [2.24, 2.45) is 35.3 Å². The summed E-state index contributed by atoms with van der Waals surface area (Å²) in [6.45, 7) is 14.8. The number of amides is 1. The summed E-state index contributed by atoms with van der Waals surface area (Å²) in [5.41, 5.74) is 8.60. The summed E-state index contributed by atoms with van der Waals surface area (Å²) in [5.74, 6) is -8.97. The number of ether oxygens (including phenoxy) is 5. The van der Waals surface area contributed by atoms with Crippen molar-refractivity contribution >= 4 is 23.4 Å². The van der Waals surface area contributed by atoms with Gasteiger partial charge in [-0.25, -0.2) is 9.18 Å². The largest absolute Gasteiger partial charge is 0.456 e. The number of nitrogens with two attached hydrogens (primary N) is 1. The zero-order valence-corrected chi connectivity index (χ0v) is 38.3. The van der Waals surface area contributed by atoms with Gasteiger partial charge in [-0.3, -0.25) is 14.4 Å². The molecule has 0 aromatic rings. The second-order valence-electron chi connectivity index (χ2n) is 18.6. The first-order valence-corrected chi connectivity index (χ1v) is 22.5. The molecule has 2 bridgehead atoms. The lowest BCUT2D eigenvalue weighted by Gasteiger charge is -2.47. The maximum Gasteiger partial charge on any atom is 0.329 e. The molecule has 4 N–H and O–H groups in total. The molecule has 0 aromatic carbocycles. The van der Waals surface area contributed by atoms with Gasteiger partial charge in [0.2, 0.25) is 5.79 Å². The van der Waals surface area contributed by atoms with Gasteiger partial charge in [0.1, 0.15) is 30.2 Å². The molecule has 15 unspecified atom stereocenters. The molecule has 1 saturated carbocycles. The number of carbonyl (C=O) groups excluding carboxylic acids is 4. The van der Waals surface area contributed by atoms with E-state index >= 15 is 4.39 Å². The normalized spacial score (nSPS) is 39.4. The van der Waals surface area contributed by atoms with Gasteiger partial charge in [-0.1, -0.05) is 51.5 Å². The van der Waals surface area contributed by atoms with Crippen molar-refractivity contribution in [1.82, 2.24) is 4.90 Å². The highest BCUT2D eigenvalue weighted by Gasteiger charge is 2.57. The number of ketones is 2. The van der Waals surface area contributed by atoms with Gasteiger partial charge in [0.05, 0.1) is 31.0 Å². The van der Waals surface area contributed by atoms with Crippen LogP contribution in [0, 0.1) is 29.6 Å². The third-order valence-electron chi connectivity index (χ3n) is 13.7. The fraction of sp³-hybridized carbons (Fsp3) is 0.787. The molecular formula is C47H75FN2O11. The van der Waals surface area contributed by atoms with Crippen molar-refractivity contribution in [2.75, 3.05) is 27.4 Å². The minimum Gasteiger partial charge on any atom is -0.456 e. The number of hydrogen-bond donors (Lipinski definition) is 3. The Balaban J connectivity index is 1.77. The molecule has 1 aliphatic carbocycles. The Morgan fingerprint density at radius 1 is 1.00 bits per heavy atom. The highest BCUT2D eigenvalue weighted by molar-refractivity contribution is 6.39. The first-order valence-electron chi connectivity index (χ1n) is 22.5. The molecule has 0 radical (unpaired) electrons. The number of halogens is 1. The molecule has 13 nitrogen and oxygen atoms in total. The molecule has 3 aliphatic heterocycles. The number of hydrogen-bond acceptors (Lipinski definition) is 12. The Bertz CT molecular complexity index is 1610. The van der Waals surface area contributed by atoms with Crippen LogP contribution in [0.1, 0.15) is 120 Å². The lowest BCUT2D eigenvalue weighted by atomic mass is 9.81. The van der Waals surface area contributed by atoms with Crippen molar-refractivity contribution in [1.29, 1.82) is 0 Å². The number of nitrogens with zero attached hydrogens (tertiary/aromatic N) is 1. The lowest BCUT2D eigenvalue weighted by Crippen LogP contribution is -2.64. The number of cyclic esters (lactones) is 1. The first-order chi connectivity index (χ1) is 28.8. The number of rotatable bonds is 8. The summed E-state index contributed by atoms with van der Waals surface area (Å²) in [6.07, 6.45) is 2.82. The Labute approximate surface area is 363 Å². The van der Waals surface area contributed by atoms with Crippen molar-refractivity contribution in [2.45, 2.75) is 180 Å². The fourth-order valence-electron chi connectivity index (χ4n) is 9.61. The molecule has 0 spiro atoms. The van der Waals surface area contributed by atoms with E-state index in [4.69, 9.17) is 29.4 Å². The van der Waals surface area contributed by atoms with E-state index in [1.165, 1.54) is 14.2 Å². The Kier molecular flexibility index (Phi) is 18.9. The number of allylic oxidation sites excluding steroid dienone is 4. The smallest absolute Gasteiger partial charge is 0.329 e. The number of fused-ring (bicyclic) bond motifs is 3. The molecule has 61 heavy (non-hydrogen) atoms. The molecule has 4 rings (SSSR count). The molecule has 1 amide bonds. The monoisotopic (exact) mass is 863 g/mol. The maximum absolute atomic E-state index is 16.3. The quantitative estimate of drug-likeness (QED) is 0.154. The van der Waals surface area contributed by atoms with Crippen LogP contribution in [-0.2, 0) is 42.9 Å². The molecule has 0 aromatic heterocycles. The first kappa shape index (κ1) is 50.8. The predicted molar refractivity (Wildman–Crippen MR) is 229 cm³/mol. The molecule has 14 heteroatoms. The summed E-state index contributed by atoms with van der Waals surface area (Å²) in [4.78, 5) is 58.0. The highest BCUT2D eigenvalue weighted by Crippen LogP contribution is 2.39. The van der Waals surface area contributed by atoms with Gasteiger partial charge in [-0.15, -0.1) is 0 Å². The van der Waals surface area contributed by atoms with Crippen LogP contribution in [0.3, 0.4) is 0 Å². The number of aliphatic hydroxyl groups is 2. The summed E-state index contributed by atoms with van der Waals surface area (Å²) in [6, 6.07) is -1.31. The number of aliphatic hydroxyl groups excluding tert-OH is 1. The minimum absolute atomic E-state index is 0.0165. The van der Waals surface area contributed by atoms with Crippen molar-refractivity contribution in [3.63, 3.8) is 0 Å². The van der Waals surface area contributed by atoms with Gasteiger partial charge in [0.25, 0.3) is 11.7 Å². The molecule has 346 valence electrons. The molecule has 4 aliphatic rings. The van der Waals surface area contributed by atoms with Crippen LogP contribution in [0.5, 0.6) is 0 Å². The van der Waals surface area contributed by atoms with E-state index in [2.05, 4.69) is 0 Å². The van der Waals surface area contributed by atoms with Crippen LogP contribution in [-0.4, -0.2) is 127 Å². The summed E-state index contributed by atoms with van der Waals surface area (Å²) < 4.78 is 46.5. The summed E-state index contributed by atoms with van der Waals surface area (Å²) >= 11 is 0. The summed E-state index contributed by atoms with van der Waals surface area (Å²) in [5, 5.41) is 23.8. The van der Waals surface area contributed by atoms with E-state index < -0.39 is 89.9 Å². The number of carbonyl (C=O) groups is 4. The third-order valence-corrected chi connectivity index (χ3v) is 13.7. The Morgan fingerprint density at radius 2 is 1.67 bits per heavy atom. The van der Waals surface area contributed by atoms with Crippen LogP contribution < -0.4 is 5.73 Å². The SMILES string of the molecule is CCC1C=C(C)C(F)C(C)CC(OC)C2OC(O)(C(=O)C(=O)N3CCCCC3C(=O)OC(C(C)=CC3CCC(N)C(OCC=C(C)C)C3)C(C)C(O)CC1=O)C(C)CC2OC. The number of Topliss-reactive ketones (excluding diaryl/α,β-unsaturated/α-hetero) is 2. The third kappa shape index (κ3) is 12.5. The zero-order chi connectivity index (χ0) is 45.3. The van der Waals surface area contributed by atoms with E-state index in [1.807, 2.05) is 39.8 Å². The maximum atomic E-state index is 16.3. The van der Waals surface area contributed by atoms with Crippen LogP contribution >= 0.6 is 0 Å². The van der Waals surface area contributed by atoms with E-state index in [0.29, 0.717) is 43.4 Å². The average Bonchev–Trinajstić information content (AvgIpc) is 3.23. The van der Waals surface area contributed by atoms with E-state index in [-0.39, 0.29) is 56.1 Å². The topological polar surface area (TPSA) is 184 Å². The number of piperidine rings is 1. The molecular weight excluding hydrogens is 788 g/mol. The van der Waals surface area contributed by atoms with Gasteiger partial charge in [-0.05, 0) is 108 Å². The van der Waals surface area contributed by atoms with E-state index in [0.717, 1.165) is 23.3 Å². The Hall–Kier alpha value is -2.85. The van der Waals surface area contributed by atoms with Crippen molar-refractivity contribution < 1.29 is 57.5 Å². The number of methoxy groups -OCH3 is 2. The molecule has 3 fully saturated rings. The van der Waals surface area contributed by atoms with Crippen LogP contribution in [0.25, 0.3) is 0 Å². The second-order valence-corrected chi connectivity index (χ2v) is 18.6. The number of alkyl halides is 1. The van der Waals surface area contributed by atoms with Gasteiger partial charge in [-0.2, -0.15) is 0 Å². The summed E-state index contributed by atoms with van der Waals surface area (Å²) in [7, 11) is 2.89. The van der Waals surface area contributed by atoms with Gasteiger partial charge >= 0.3 is 5.97 Å².